The number of sulfonamides is 1. The summed E-state index contributed by atoms with van der Waals surface area (Å²) in [5, 5.41) is 2.81. The van der Waals surface area contributed by atoms with Gasteiger partial charge in [-0.25, -0.2) is 13.4 Å². The molecule has 1 N–H and O–H groups in total. The van der Waals surface area contributed by atoms with Crippen LogP contribution >= 0.6 is 23.1 Å². The van der Waals surface area contributed by atoms with Crippen molar-refractivity contribution in [3.63, 3.8) is 0 Å². The van der Waals surface area contributed by atoms with E-state index < -0.39 is 10.0 Å². The van der Waals surface area contributed by atoms with Crippen molar-refractivity contribution in [1.29, 1.82) is 0 Å². The lowest BCUT2D eigenvalue weighted by Crippen LogP contribution is -2.27. The van der Waals surface area contributed by atoms with Gasteiger partial charge in [-0.2, -0.15) is 0 Å². The number of aromatic nitrogens is 1. The maximum absolute atomic E-state index is 12.5. The Morgan fingerprint density at radius 2 is 1.86 bits per heavy atom. The average Bonchev–Trinajstić information content (AvgIpc) is 3.14. The van der Waals surface area contributed by atoms with Gasteiger partial charge in [-0.1, -0.05) is 32.6 Å². The van der Waals surface area contributed by atoms with Gasteiger partial charge >= 0.3 is 0 Å². The van der Waals surface area contributed by atoms with Crippen molar-refractivity contribution >= 4 is 50.5 Å². The van der Waals surface area contributed by atoms with Crippen molar-refractivity contribution in [2.75, 3.05) is 28.7 Å². The molecule has 1 heterocycles. The van der Waals surface area contributed by atoms with E-state index in [1.54, 1.807) is 0 Å². The Morgan fingerprint density at radius 3 is 2.50 bits per heavy atom. The van der Waals surface area contributed by atoms with Crippen LogP contribution in [0.2, 0.25) is 0 Å². The van der Waals surface area contributed by atoms with E-state index in [0.717, 1.165) is 27.7 Å². The van der Waals surface area contributed by atoms with Gasteiger partial charge in [-0.3, -0.25) is 9.10 Å². The van der Waals surface area contributed by atoms with Gasteiger partial charge in [0.2, 0.25) is 10.0 Å². The number of rotatable bonds is 11. The number of nitrogens with zero attached hydrogens (tertiary/aromatic N) is 2. The number of thioether (sulfide) groups is 1. The normalized spacial score (nSPS) is 11.4. The molecule has 6 nitrogen and oxygen atoms in total. The maximum Gasteiger partial charge on any atom is 0.269 e. The molecular formula is C19H27N3O3S3. The molecular weight excluding hydrogens is 414 g/mol. The summed E-state index contributed by atoms with van der Waals surface area (Å²) in [5.41, 5.74) is 2.13. The summed E-state index contributed by atoms with van der Waals surface area (Å²) < 4.78 is 24.4. The number of anilines is 2. The van der Waals surface area contributed by atoms with Crippen LogP contribution in [0.4, 0.5) is 11.5 Å². The summed E-state index contributed by atoms with van der Waals surface area (Å²) in [7, 11) is -2.10. The van der Waals surface area contributed by atoms with E-state index >= 15 is 0 Å². The lowest BCUT2D eigenvalue weighted by Gasteiger charge is -2.15. The third-order valence-electron chi connectivity index (χ3n) is 4.18. The zero-order valence-electron chi connectivity index (χ0n) is 16.5. The predicted molar refractivity (Wildman–Crippen MR) is 119 cm³/mol. The maximum atomic E-state index is 12.5. The number of thiazole rings is 1. The molecule has 0 saturated carbocycles. The molecule has 0 bridgehead atoms. The topological polar surface area (TPSA) is 79.4 Å². The highest BCUT2D eigenvalue weighted by atomic mass is 32.2. The van der Waals surface area contributed by atoms with Crippen LogP contribution in [0, 0.1) is 0 Å². The zero-order valence-corrected chi connectivity index (χ0v) is 18.9. The standard InChI is InChI=1S/C19H27N3O3S3/c1-4-5-6-7-8-13-26-16-11-9-15(10-12-16)21-19(23)17-18(20-14-27-17)22(2)28(3,24)25/h9-12,14H,4-8,13H2,1-3H3,(H,21,23). The number of unbranched alkanes of at least 4 members (excludes halogenated alkanes) is 4. The predicted octanol–water partition coefficient (Wildman–Crippen LogP) is 4.85. The molecule has 0 unspecified atom stereocenters. The molecule has 0 aliphatic carbocycles. The monoisotopic (exact) mass is 441 g/mol. The van der Waals surface area contributed by atoms with Gasteiger partial charge < -0.3 is 5.32 Å². The van der Waals surface area contributed by atoms with Crippen LogP contribution in [0.3, 0.4) is 0 Å². The van der Waals surface area contributed by atoms with Crippen molar-refractivity contribution in [3.05, 3.63) is 34.7 Å². The first kappa shape index (κ1) is 22.7. The lowest BCUT2D eigenvalue weighted by molar-refractivity contribution is 0.103. The summed E-state index contributed by atoms with van der Waals surface area (Å²) in [4.78, 5) is 18.0. The van der Waals surface area contributed by atoms with Gasteiger partial charge in [0.15, 0.2) is 5.82 Å². The average molecular weight is 442 g/mol. The van der Waals surface area contributed by atoms with E-state index in [-0.39, 0.29) is 16.6 Å². The number of carbonyl (C=O) groups excluding carboxylic acids is 1. The summed E-state index contributed by atoms with van der Waals surface area (Å²) in [6.45, 7) is 2.22. The van der Waals surface area contributed by atoms with Crippen LogP contribution in [0.1, 0.15) is 48.7 Å². The molecule has 0 aliphatic heterocycles. The Hall–Kier alpha value is -1.58. The number of amides is 1. The fourth-order valence-corrected chi connectivity index (χ4v) is 4.63. The van der Waals surface area contributed by atoms with Gasteiger partial charge in [0.05, 0.1) is 11.8 Å². The molecule has 0 radical (unpaired) electrons. The van der Waals surface area contributed by atoms with Crippen LogP contribution in [0.15, 0.2) is 34.7 Å². The third-order valence-corrected chi connectivity index (χ3v) is 7.26. The minimum absolute atomic E-state index is 0.139. The summed E-state index contributed by atoms with van der Waals surface area (Å²) in [6.07, 6.45) is 7.43. The molecule has 1 amide bonds. The molecule has 2 rings (SSSR count). The van der Waals surface area contributed by atoms with E-state index in [0.29, 0.717) is 5.69 Å². The molecule has 0 atom stereocenters. The SMILES string of the molecule is CCCCCCCSc1ccc(NC(=O)c2scnc2N(C)S(C)(=O)=O)cc1. The second kappa shape index (κ2) is 10.8. The zero-order chi connectivity index (χ0) is 20.6. The van der Waals surface area contributed by atoms with E-state index in [1.807, 2.05) is 36.0 Å². The Labute approximate surface area is 175 Å². The molecule has 28 heavy (non-hydrogen) atoms. The van der Waals surface area contributed by atoms with Gasteiger partial charge in [0.1, 0.15) is 4.88 Å². The minimum Gasteiger partial charge on any atom is -0.321 e. The van der Waals surface area contributed by atoms with Gasteiger partial charge in [0.25, 0.3) is 5.91 Å². The molecule has 0 saturated heterocycles. The Balaban J connectivity index is 1.91. The van der Waals surface area contributed by atoms with Crippen molar-refractivity contribution in [2.24, 2.45) is 0 Å². The first-order chi connectivity index (χ1) is 13.3. The summed E-state index contributed by atoms with van der Waals surface area (Å²) in [6, 6.07) is 7.70. The fourth-order valence-electron chi connectivity index (χ4n) is 2.49. The van der Waals surface area contributed by atoms with Gasteiger partial charge in [-0.05, 0) is 36.4 Å². The van der Waals surface area contributed by atoms with Crippen LogP contribution in [-0.4, -0.2) is 38.4 Å². The highest BCUT2D eigenvalue weighted by molar-refractivity contribution is 7.99. The number of hydrogen-bond acceptors (Lipinski definition) is 6. The second-order valence-corrected chi connectivity index (χ2v) is 10.5. The van der Waals surface area contributed by atoms with Gasteiger partial charge in [-0.15, -0.1) is 23.1 Å². The molecule has 2 aromatic rings. The first-order valence-electron chi connectivity index (χ1n) is 9.24. The van der Waals surface area contributed by atoms with Crippen molar-refractivity contribution in [2.45, 2.75) is 43.9 Å². The molecule has 1 aromatic heterocycles. The number of carbonyl (C=O) groups is 1. The largest absolute Gasteiger partial charge is 0.321 e. The molecule has 1 aromatic carbocycles. The third kappa shape index (κ3) is 6.79. The molecule has 0 fully saturated rings. The molecule has 0 spiro atoms. The first-order valence-corrected chi connectivity index (χ1v) is 13.0. The van der Waals surface area contributed by atoms with Crippen molar-refractivity contribution in [1.82, 2.24) is 4.98 Å². The van der Waals surface area contributed by atoms with Crippen molar-refractivity contribution < 1.29 is 13.2 Å². The van der Waals surface area contributed by atoms with E-state index in [2.05, 4.69) is 17.2 Å². The Bertz CT molecular complexity index is 864. The number of nitrogens with one attached hydrogen (secondary N) is 1. The van der Waals surface area contributed by atoms with Crippen LogP contribution < -0.4 is 9.62 Å². The Morgan fingerprint density at radius 1 is 1.18 bits per heavy atom. The van der Waals surface area contributed by atoms with E-state index in [4.69, 9.17) is 0 Å². The van der Waals surface area contributed by atoms with E-state index in [1.165, 1.54) is 49.6 Å². The fraction of sp³-hybridized carbons (Fsp3) is 0.474. The lowest BCUT2D eigenvalue weighted by atomic mass is 10.2. The molecule has 0 aliphatic rings. The Kier molecular flexibility index (Phi) is 8.78. The quantitative estimate of drug-likeness (QED) is 0.398. The number of hydrogen-bond donors (Lipinski definition) is 1. The smallest absolute Gasteiger partial charge is 0.269 e. The molecule has 9 heteroatoms. The van der Waals surface area contributed by atoms with Crippen LogP contribution in [0.5, 0.6) is 0 Å². The van der Waals surface area contributed by atoms with Crippen LogP contribution in [-0.2, 0) is 10.0 Å². The second-order valence-electron chi connectivity index (χ2n) is 6.48. The highest BCUT2D eigenvalue weighted by Crippen LogP contribution is 2.26. The summed E-state index contributed by atoms with van der Waals surface area (Å²) >= 11 is 2.93. The van der Waals surface area contributed by atoms with E-state index in [9.17, 15) is 13.2 Å². The minimum atomic E-state index is -3.48. The number of benzene rings is 1. The van der Waals surface area contributed by atoms with Gasteiger partial charge in [0, 0.05) is 17.6 Å². The van der Waals surface area contributed by atoms with Crippen LogP contribution in [0.25, 0.3) is 0 Å². The van der Waals surface area contributed by atoms with Crippen molar-refractivity contribution in [3.8, 4) is 0 Å². The molecule has 154 valence electrons. The summed E-state index contributed by atoms with van der Waals surface area (Å²) in [5.74, 6) is 0.863. The highest BCUT2D eigenvalue weighted by Gasteiger charge is 2.23.